The Labute approximate surface area is 101 Å². The van der Waals surface area contributed by atoms with Gasteiger partial charge in [0.2, 0.25) is 5.91 Å². The van der Waals surface area contributed by atoms with Crippen LogP contribution in [0.5, 0.6) is 0 Å². The largest absolute Gasteiger partial charge is 0.325 e. The molecule has 0 spiro atoms. The number of rotatable bonds is 4. The van der Waals surface area contributed by atoms with Crippen LogP contribution in [0.1, 0.15) is 20.3 Å². The summed E-state index contributed by atoms with van der Waals surface area (Å²) in [5, 5.41) is 3.40. The zero-order valence-corrected chi connectivity index (χ0v) is 10.3. The summed E-state index contributed by atoms with van der Waals surface area (Å²) >= 11 is 5.75. The average Bonchev–Trinajstić information content (AvgIpc) is 2.30. The lowest BCUT2D eigenvalue weighted by atomic mass is 9.99. The lowest BCUT2D eigenvalue weighted by Gasteiger charge is -2.17. The Bertz CT molecular complexity index is 351. The van der Waals surface area contributed by atoms with Crippen molar-refractivity contribution in [2.24, 2.45) is 11.7 Å². The molecule has 4 heteroatoms. The van der Waals surface area contributed by atoms with E-state index in [0.29, 0.717) is 10.7 Å². The fraction of sp³-hybridized carbons (Fsp3) is 0.417. The molecule has 88 valence electrons. The molecule has 0 aliphatic heterocycles. The van der Waals surface area contributed by atoms with E-state index >= 15 is 0 Å². The second kappa shape index (κ2) is 5.87. The molecule has 0 radical (unpaired) electrons. The third-order valence-corrected chi connectivity index (χ3v) is 2.92. The van der Waals surface area contributed by atoms with Crippen LogP contribution in [0.15, 0.2) is 24.3 Å². The first-order chi connectivity index (χ1) is 7.54. The molecule has 0 fully saturated rings. The Hall–Kier alpha value is -1.06. The summed E-state index contributed by atoms with van der Waals surface area (Å²) in [5.41, 5.74) is 6.53. The van der Waals surface area contributed by atoms with Gasteiger partial charge >= 0.3 is 0 Å². The fourth-order valence-corrected chi connectivity index (χ4v) is 1.40. The van der Waals surface area contributed by atoms with Gasteiger partial charge in [-0.25, -0.2) is 0 Å². The summed E-state index contributed by atoms with van der Waals surface area (Å²) in [4.78, 5) is 11.7. The summed E-state index contributed by atoms with van der Waals surface area (Å²) in [7, 11) is 0. The number of carbonyl (C=O) groups excluding carboxylic acids is 1. The van der Waals surface area contributed by atoms with Crippen molar-refractivity contribution in [1.82, 2.24) is 0 Å². The van der Waals surface area contributed by atoms with E-state index in [1.165, 1.54) is 0 Å². The SMILES string of the molecule is CCC(C)C(N)C(=O)Nc1ccc(Cl)cc1. The molecular formula is C12H17ClN2O. The molecule has 1 rings (SSSR count). The van der Waals surface area contributed by atoms with Crippen LogP contribution in [0.4, 0.5) is 5.69 Å². The highest BCUT2D eigenvalue weighted by molar-refractivity contribution is 6.30. The molecule has 1 aromatic rings. The van der Waals surface area contributed by atoms with Gasteiger partial charge in [0, 0.05) is 10.7 Å². The second-order valence-corrected chi connectivity index (χ2v) is 4.34. The predicted octanol–water partition coefficient (Wildman–Crippen LogP) is 2.65. The van der Waals surface area contributed by atoms with Crippen molar-refractivity contribution in [1.29, 1.82) is 0 Å². The standard InChI is InChI=1S/C12H17ClN2O/c1-3-8(2)11(14)12(16)15-10-6-4-9(13)5-7-10/h4-8,11H,3,14H2,1-2H3,(H,15,16). The van der Waals surface area contributed by atoms with Crippen molar-refractivity contribution in [3.63, 3.8) is 0 Å². The summed E-state index contributed by atoms with van der Waals surface area (Å²) in [6.07, 6.45) is 0.884. The Balaban J connectivity index is 2.60. The number of carbonyl (C=O) groups is 1. The molecule has 0 aliphatic rings. The predicted molar refractivity (Wildman–Crippen MR) is 67.5 cm³/mol. The zero-order chi connectivity index (χ0) is 12.1. The first-order valence-electron chi connectivity index (χ1n) is 5.36. The Kier molecular flexibility index (Phi) is 4.77. The quantitative estimate of drug-likeness (QED) is 0.850. The molecule has 0 saturated carbocycles. The van der Waals surface area contributed by atoms with Gasteiger partial charge in [-0.05, 0) is 30.2 Å². The van der Waals surface area contributed by atoms with Crippen molar-refractivity contribution in [2.75, 3.05) is 5.32 Å². The summed E-state index contributed by atoms with van der Waals surface area (Å²) < 4.78 is 0. The third kappa shape index (κ3) is 3.51. The monoisotopic (exact) mass is 240 g/mol. The van der Waals surface area contributed by atoms with E-state index in [-0.39, 0.29) is 11.8 Å². The van der Waals surface area contributed by atoms with Crippen LogP contribution in [0.2, 0.25) is 5.02 Å². The minimum absolute atomic E-state index is 0.156. The molecule has 0 heterocycles. The number of amides is 1. The van der Waals surface area contributed by atoms with Gasteiger partial charge in [-0.1, -0.05) is 31.9 Å². The molecule has 3 N–H and O–H groups in total. The van der Waals surface area contributed by atoms with Gasteiger partial charge in [0.1, 0.15) is 0 Å². The zero-order valence-electron chi connectivity index (χ0n) is 9.53. The highest BCUT2D eigenvalue weighted by atomic mass is 35.5. The van der Waals surface area contributed by atoms with Crippen LogP contribution in [0, 0.1) is 5.92 Å². The summed E-state index contributed by atoms with van der Waals surface area (Å²) in [6.45, 7) is 3.98. The Morgan fingerprint density at radius 1 is 1.44 bits per heavy atom. The van der Waals surface area contributed by atoms with Crippen molar-refractivity contribution >= 4 is 23.2 Å². The number of benzene rings is 1. The molecule has 0 aromatic heterocycles. The lowest BCUT2D eigenvalue weighted by molar-refractivity contribution is -0.118. The van der Waals surface area contributed by atoms with Crippen molar-refractivity contribution < 1.29 is 4.79 Å². The maximum atomic E-state index is 11.7. The van der Waals surface area contributed by atoms with E-state index in [2.05, 4.69) is 5.32 Å². The van der Waals surface area contributed by atoms with E-state index in [0.717, 1.165) is 6.42 Å². The smallest absolute Gasteiger partial charge is 0.241 e. The number of nitrogens with one attached hydrogen (secondary N) is 1. The Morgan fingerprint density at radius 2 is 2.00 bits per heavy atom. The molecule has 0 aliphatic carbocycles. The molecule has 1 amide bonds. The average molecular weight is 241 g/mol. The molecule has 1 aromatic carbocycles. The minimum atomic E-state index is -0.472. The maximum absolute atomic E-state index is 11.7. The lowest BCUT2D eigenvalue weighted by Crippen LogP contribution is -2.40. The number of nitrogens with two attached hydrogens (primary N) is 1. The number of anilines is 1. The van der Waals surface area contributed by atoms with Gasteiger partial charge < -0.3 is 11.1 Å². The van der Waals surface area contributed by atoms with Gasteiger partial charge in [0.05, 0.1) is 6.04 Å². The van der Waals surface area contributed by atoms with Crippen LogP contribution < -0.4 is 11.1 Å². The van der Waals surface area contributed by atoms with Crippen LogP contribution >= 0.6 is 11.6 Å². The normalized spacial score (nSPS) is 14.2. The first-order valence-corrected chi connectivity index (χ1v) is 5.74. The van der Waals surface area contributed by atoms with E-state index < -0.39 is 6.04 Å². The molecule has 2 atom stereocenters. The summed E-state index contributed by atoms with van der Waals surface area (Å²) in [6, 6.07) is 6.49. The van der Waals surface area contributed by atoms with Crippen LogP contribution in [-0.2, 0) is 4.79 Å². The molecule has 16 heavy (non-hydrogen) atoms. The number of hydrogen-bond donors (Lipinski definition) is 2. The van der Waals surface area contributed by atoms with Crippen LogP contribution in [0.3, 0.4) is 0 Å². The van der Waals surface area contributed by atoms with Crippen molar-refractivity contribution in [3.05, 3.63) is 29.3 Å². The van der Waals surface area contributed by atoms with Gasteiger partial charge in [0.25, 0.3) is 0 Å². The molecule has 0 saturated heterocycles. The highest BCUT2D eigenvalue weighted by Crippen LogP contribution is 2.14. The van der Waals surface area contributed by atoms with E-state index in [9.17, 15) is 4.79 Å². The second-order valence-electron chi connectivity index (χ2n) is 3.91. The van der Waals surface area contributed by atoms with Crippen molar-refractivity contribution in [3.8, 4) is 0 Å². The van der Waals surface area contributed by atoms with E-state index in [1.807, 2.05) is 13.8 Å². The van der Waals surface area contributed by atoms with Crippen LogP contribution in [0.25, 0.3) is 0 Å². The molecule has 2 unspecified atom stereocenters. The molecule has 0 bridgehead atoms. The first kappa shape index (κ1) is 13.0. The molecule has 3 nitrogen and oxygen atoms in total. The minimum Gasteiger partial charge on any atom is -0.325 e. The van der Waals surface area contributed by atoms with Gasteiger partial charge in [-0.3, -0.25) is 4.79 Å². The van der Waals surface area contributed by atoms with Gasteiger partial charge in [0.15, 0.2) is 0 Å². The fourth-order valence-electron chi connectivity index (χ4n) is 1.27. The highest BCUT2D eigenvalue weighted by Gasteiger charge is 2.19. The van der Waals surface area contributed by atoms with E-state index in [1.54, 1.807) is 24.3 Å². The third-order valence-electron chi connectivity index (χ3n) is 2.67. The molecular weight excluding hydrogens is 224 g/mol. The number of halogens is 1. The van der Waals surface area contributed by atoms with Gasteiger partial charge in [-0.2, -0.15) is 0 Å². The number of hydrogen-bond acceptors (Lipinski definition) is 2. The van der Waals surface area contributed by atoms with Gasteiger partial charge in [-0.15, -0.1) is 0 Å². The topological polar surface area (TPSA) is 55.1 Å². The maximum Gasteiger partial charge on any atom is 0.241 e. The van der Waals surface area contributed by atoms with Crippen LogP contribution in [-0.4, -0.2) is 11.9 Å². The Morgan fingerprint density at radius 3 is 2.50 bits per heavy atom. The summed E-state index contributed by atoms with van der Waals surface area (Å²) in [5.74, 6) is 0.0176. The van der Waals surface area contributed by atoms with Crippen molar-refractivity contribution in [2.45, 2.75) is 26.3 Å². The van der Waals surface area contributed by atoms with E-state index in [4.69, 9.17) is 17.3 Å².